The van der Waals surface area contributed by atoms with Crippen LogP contribution in [0.15, 0.2) is 69.8 Å². The first-order valence-electron chi connectivity index (χ1n) is 11.3. The van der Waals surface area contributed by atoms with Crippen LogP contribution in [0.25, 0.3) is 11.4 Å². The molecule has 0 saturated heterocycles. The topological polar surface area (TPSA) is 110 Å². The smallest absolute Gasteiger partial charge is 0.291 e. The molecule has 1 aliphatic rings. The minimum atomic E-state index is -0.379. The van der Waals surface area contributed by atoms with Crippen molar-refractivity contribution in [1.82, 2.24) is 10.1 Å². The summed E-state index contributed by atoms with van der Waals surface area (Å²) < 4.78 is 10.6. The summed E-state index contributed by atoms with van der Waals surface area (Å²) in [5.74, 6) is 1.06. The number of nitrogens with zero attached hydrogens (tertiary/aromatic N) is 2. The Morgan fingerprint density at radius 2 is 1.82 bits per heavy atom. The first-order chi connectivity index (χ1) is 16.6. The Labute approximate surface area is 196 Å². The number of nitrogens with one attached hydrogen (secondary N) is 2. The molecule has 34 heavy (non-hydrogen) atoms. The van der Waals surface area contributed by atoms with Gasteiger partial charge < -0.3 is 19.6 Å². The normalized spacial score (nSPS) is 13.7. The molecule has 1 saturated carbocycles. The van der Waals surface area contributed by atoms with E-state index in [-0.39, 0.29) is 17.6 Å². The summed E-state index contributed by atoms with van der Waals surface area (Å²) in [6, 6.07) is 15.7. The summed E-state index contributed by atoms with van der Waals surface area (Å²) >= 11 is 0. The Kier molecular flexibility index (Phi) is 5.95. The quantitative estimate of drug-likeness (QED) is 0.379. The van der Waals surface area contributed by atoms with E-state index in [1.54, 1.807) is 36.4 Å². The van der Waals surface area contributed by atoms with E-state index in [1.807, 2.05) is 25.1 Å². The van der Waals surface area contributed by atoms with E-state index in [0.29, 0.717) is 34.6 Å². The number of anilines is 2. The molecule has 8 nitrogen and oxygen atoms in total. The molecular weight excluding hydrogens is 432 g/mol. The standard InChI is InChI=1S/C26H24N4O4/c1-16-11-12-19(15-21(16)28-25(32)22-10-5-13-33-22)24(31)27-20-9-4-8-18(14-20)23-29-26(34-30-23)17-6-2-3-7-17/h4-5,8-15,17H,2-3,6-7H2,1H3,(H,27,31)(H,28,32). The number of amides is 2. The fraction of sp³-hybridized carbons (Fsp3) is 0.231. The van der Waals surface area contributed by atoms with E-state index in [4.69, 9.17) is 8.94 Å². The molecule has 4 aromatic rings. The number of hydrogen-bond donors (Lipinski definition) is 2. The van der Waals surface area contributed by atoms with Crippen molar-refractivity contribution in [2.45, 2.75) is 38.5 Å². The summed E-state index contributed by atoms with van der Waals surface area (Å²) in [7, 11) is 0. The molecule has 0 spiro atoms. The lowest BCUT2D eigenvalue weighted by Crippen LogP contribution is -2.15. The van der Waals surface area contributed by atoms with Crippen molar-refractivity contribution in [2.75, 3.05) is 10.6 Å². The molecule has 0 aliphatic heterocycles. The van der Waals surface area contributed by atoms with Gasteiger partial charge in [-0.1, -0.05) is 36.2 Å². The van der Waals surface area contributed by atoms with E-state index >= 15 is 0 Å². The monoisotopic (exact) mass is 456 g/mol. The molecule has 1 fully saturated rings. The van der Waals surface area contributed by atoms with Gasteiger partial charge in [-0.2, -0.15) is 4.98 Å². The van der Waals surface area contributed by atoms with Gasteiger partial charge in [0, 0.05) is 28.4 Å². The highest BCUT2D eigenvalue weighted by molar-refractivity contribution is 6.07. The Balaban J connectivity index is 1.30. The molecule has 0 radical (unpaired) electrons. The second kappa shape index (κ2) is 9.35. The van der Waals surface area contributed by atoms with Crippen LogP contribution < -0.4 is 10.6 Å². The summed E-state index contributed by atoms with van der Waals surface area (Å²) in [4.78, 5) is 29.8. The maximum absolute atomic E-state index is 12.9. The SMILES string of the molecule is Cc1ccc(C(=O)Nc2cccc(-c3noc(C4CCCC4)n3)c2)cc1NC(=O)c1ccco1. The van der Waals surface area contributed by atoms with Crippen LogP contribution in [0.1, 0.15) is 64.0 Å². The van der Waals surface area contributed by atoms with E-state index < -0.39 is 0 Å². The van der Waals surface area contributed by atoms with Gasteiger partial charge in [-0.25, -0.2) is 0 Å². The molecule has 2 aromatic carbocycles. The lowest BCUT2D eigenvalue weighted by Gasteiger charge is -2.11. The van der Waals surface area contributed by atoms with Crippen LogP contribution in [0.2, 0.25) is 0 Å². The lowest BCUT2D eigenvalue weighted by molar-refractivity contribution is 0.0993. The predicted molar refractivity (Wildman–Crippen MR) is 127 cm³/mol. The van der Waals surface area contributed by atoms with E-state index in [9.17, 15) is 9.59 Å². The minimum absolute atomic E-state index is 0.198. The first-order valence-corrected chi connectivity index (χ1v) is 11.3. The molecular formula is C26H24N4O4. The van der Waals surface area contributed by atoms with E-state index in [0.717, 1.165) is 24.0 Å². The fourth-order valence-corrected chi connectivity index (χ4v) is 4.12. The van der Waals surface area contributed by atoms with Gasteiger partial charge in [0.1, 0.15) is 0 Å². The van der Waals surface area contributed by atoms with Gasteiger partial charge in [0.15, 0.2) is 5.76 Å². The highest BCUT2D eigenvalue weighted by Gasteiger charge is 2.23. The first kappa shape index (κ1) is 21.6. The van der Waals surface area contributed by atoms with Crippen molar-refractivity contribution in [3.05, 3.63) is 83.6 Å². The zero-order valence-corrected chi connectivity index (χ0v) is 18.7. The zero-order valence-electron chi connectivity index (χ0n) is 18.7. The molecule has 2 amide bonds. The molecule has 172 valence electrons. The van der Waals surface area contributed by atoms with Crippen molar-refractivity contribution in [1.29, 1.82) is 0 Å². The Bertz CT molecular complexity index is 1320. The molecule has 2 heterocycles. The van der Waals surface area contributed by atoms with Gasteiger partial charge in [-0.05, 0) is 61.7 Å². The lowest BCUT2D eigenvalue weighted by atomic mass is 10.1. The number of aromatic nitrogens is 2. The summed E-state index contributed by atoms with van der Waals surface area (Å²) in [5, 5.41) is 9.82. The predicted octanol–water partition coefficient (Wildman–Crippen LogP) is 5.80. The summed E-state index contributed by atoms with van der Waals surface area (Å²) in [6.07, 6.45) is 5.98. The molecule has 0 atom stereocenters. The maximum Gasteiger partial charge on any atom is 0.291 e. The molecule has 0 unspecified atom stereocenters. The van der Waals surface area contributed by atoms with Gasteiger partial charge in [-0.15, -0.1) is 0 Å². The van der Waals surface area contributed by atoms with Crippen LogP contribution in [0, 0.1) is 6.92 Å². The fourth-order valence-electron chi connectivity index (χ4n) is 4.12. The summed E-state index contributed by atoms with van der Waals surface area (Å²) in [5.41, 5.74) is 3.15. The number of carbonyl (C=O) groups excluding carboxylic acids is 2. The Morgan fingerprint density at radius 3 is 2.62 bits per heavy atom. The molecule has 0 bridgehead atoms. The van der Waals surface area contributed by atoms with Gasteiger partial charge in [-0.3, -0.25) is 9.59 Å². The highest BCUT2D eigenvalue weighted by Crippen LogP contribution is 2.34. The van der Waals surface area contributed by atoms with Crippen molar-refractivity contribution in [3.63, 3.8) is 0 Å². The third kappa shape index (κ3) is 4.61. The number of carbonyl (C=O) groups is 2. The molecule has 2 N–H and O–H groups in total. The van der Waals surface area contributed by atoms with Crippen molar-refractivity contribution in [3.8, 4) is 11.4 Å². The number of benzene rings is 2. The van der Waals surface area contributed by atoms with Gasteiger partial charge >= 0.3 is 0 Å². The average Bonchev–Trinajstić information content (AvgIpc) is 3.63. The maximum atomic E-state index is 12.9. The molecule has 8 heteroatoms. The van der Waals surface area contributed by atoms with E-state index in [1.165, 1.54) is 19.1 Å². The van der Waals surface area contributed by atoms with Gasteiger partial charge in [0.25, 0.3) is 11.8 Å². The largest absolute Gasteiger partial charge is 0.459 e. The van der Waals surface area contributed by atoms with Crippen molar-refractivity contribution >= 4 is 23.2 Å². The van der Waals surface area contributed by atoms with Gasteiger partial charge in [0.2, 0.25) is 11.7 Å². The zero-order chi connectivity index (χ0) is 23.5. The van der Waals surface area contributed by atoms with Crippen LogP contribution in [0.4, 0.5) is 11.4 Å². The minimum Gasteiger partial charge on any atom is -0.459 e. The van der Waals surface area contributed by atoms with E-state index in [2.05, 4.69) is 20.8 Å². The van der Waals surface area contributed by atoms with Crippen LogP contribution in [0.3, 0.4) is 0 Å². The highest BCUT2D eigenvalue weighted by atomic mass is 16.5. The third-order valence-corrected chi connectivity index (χ3v) is 6.02. The van der Waals surface area contributed by atoms with Crippen molar-refractivity contribution < 1.29 is 18.5 Å². The average molecular weight is 457 g/mol. The van der Waals surface area contributed by atoms with Crippen molar-refractivity contribution in [2.24, 2.45) is 0 Å². The molecule has 2 aromatic heterocycles. The number of furan rings is 1. The number of hydrogen-bond acceptors (Lipinski definition) is 6. The Hall–Kier alpha value is -4.20. The van der Waals surface area contributed by atoms with Crippen LogP contribution >= 0.6 is 0 Å². The van der Waals surface area contributed by atoms with Gasteiger partial charge in [0.05, 0.1) is 6.26 Å². The molecule has 1 aliphatic carbocycles. The Morgan fingerprint density at radius 1 is 0.971 bits per heavy atom. The third-order valence-electron chi connectivity index (χ3n) is 6.02. The second-order valence-electron chi connectivity index (χ2n) is 8.43. The number of rotatable bonds is 6. The van der Waals surface area contributed by atoms with Crippen LogP contribution in [-0.4, -0.2) is 22.0 Å². The second-order valence-corrected chi connectivity index (χ2v) is 8.43. The van der Waals surface area contributed by atoms with Crippen LogP contribution in [0.5, 0.6) is 0 Å². The number of aryl methyl sites for hydroxylation is 1. The molecule has 5 rings (SSSR count). The summed E-state index contributed by atoms with van der Waals surface area (Å²) in [6.45, 7) is 1.85. The van der Waals surface area contributed by atoms with Crippen LogP contribution in [-0.2, 0) is 0 Å².